The summed E-state index contributed by atoms with van der Waals surface area (Å²) >= 11 is 0. The minimum Gasteiger partial charge on any atom is -0.332 e. The minimum atomic E-state index is -4.46. The third kappa shape index (κ3) is 4.47. The number of nitrogens with zero attached hydrogens (tertiary/aromatic N) is 4. The maximum atomic E-state index is 13.1. The molecule has 0 spiro atoms. The second-order valence-electron chi connectivity index (χ2n) is 6.97. The van der Waals surface area contributed by atoms with E-state index in [0.29, 0.717) is 17.8 Å². The van der Waals surface area contributed by atoms with Gasteiger partial charge in [-0.2, -0.15) is 18.3 Å². The average molecular weight is 402 g/mol. The minimum absolute atomic E-state index is 0.0466. The number of carbonyl (C=O) groups is 1. The number of halogens is 3. The summed E-state index contributed by atoms with van der Waals surface area (Å²) in [5.41, 5.74) is 1.07. The van der Waals surface area contributed by atoms with E-state index in [0.717, 1.165) is 17.8 Å². The van der Waals surface area contributed by atoms with Gasteiger partial charge in [0.25, 0.3) is 5.91 Å². The number of alkyl halides is 3. The Labute approximate surface area is 166 Å². The summed E-state index contributed by atoms with van der Waals surface area (Å²) in [5.74, 6) is 0.0215. The number of benzene rings is 1. The van der Waals surface area contributed by atoms with E-state index in [1.807, 2.05) is 44.2 Å². The van der Waals surface area contributed by atoms with Gasteiger partial charge < -0.3 is 4.90 Å². The highest BCUT2D eigenvalue weighted by molar-refractivity contribution is 5.95. The Kier molecular flexibility index (Phi) is 5.72. The maximum Gasteiger partial charge on any atom is 0.417 e. The molecular weight excluding hydrogens is 381 g/mol. The van der Waals surface area contributed by atoms with Crippen LogP contribution in [-0.4, -0.2) is 31.6 Å². The Hall–Kier alpha value is -3.16. The zero-order chi connectivity index (χ0) is 21.2. The molecule has 0 saturated carbocycles. The van der Waals surface area contributed by atoms with E-state index < -0.39 is 11.7 Å². The van der Waals surface area contributed by atoms with Crippen LogP contribution in [0.2, 0.25) is 0 Å². The van der Waals surface area contributed by atoms with Gasteiger partial charge in [0.05, 0.1) is 23.0 Å². The second kappa shape index (κ2) is 8.06. The highest BCUT2D eigenvalue weighted by Crippen LogP contribution is 2.29. The van der Waals surface area contributed by atoms with Crippen molar-refractivity contribution in [3.63, 3.8) is 0 Å². The van der Waals surface area contributed by atoms with Crippen LogP contribution in [-0.2, 0) is 12.7 Å². The molecule has 29 heavy (non-hydrogen) atoms. The van der Waals surface area contributed by atoms with Crippen LogP contribution in [0.4, 0.5) is 13.2 Å². The van der Waals surface area contributed by atoms with E-state index in [1.165, 1.54) is 16.9 Å². The van der Waals surface area contributed by atoms with Crippen molar-refractivity contribution in [2.24, 2.45) is 0 Å². The normalized spacial score (nSPS) is 11.7. The molecule has 0 aliphatic rings. The maximum absolute atomic E-state index is 13.1. The smallest absolute Gasteiger partial charge is 0.332 e. The molecule has 2 heterocycles. The van der Waals surface area contributed by atoms with Crippen LogP contribution in [0.5, 0.6) is 0 Å². The highest BCUT2D eigenvalue weighted by Gasteiger charge is 2.31. The summed E-state index contributed by atoms with van der Waals surface area (Å²) in [6.45, 7) is 6.00. The van der Waals surface area contributed by atoms with Crippen molar-refractivity contribution in [3.8, 4) is 5.82 Å². The molecular formula is C21H21F3N4O. The summed E-state index contributed by atoms with van der Waals surface area (Å²) in [6, 6.07) is 11.8. The fraction of sp³-hybridized carbons (Fsp3) is 0.286. The van der Waals surface area contributed by atoms with Crippen molar-refractivity contribution in [2.75, 3.05) is 0 Å². The lowest BCUT2D eigenvalue weighted by atomic mass is 10.1. The third-order valence-corrected chi connectivity index (χ3v) is 4.61. The number of pyridine rings is 1. The first kappa shape index (κ1) is 20.6. The molecule has 0 aliphatic heterocycles. The Morgan fingerprint density at radius 1 is 1.10 bits per heavy atom. The van der Waals surface area contributed by atoms with Gasteiger partial charge in [-0.1, -0.05) is 30.3 Å². The largest absolute Gasteiger partial charge is 0.417 e. The van der Waals surface area contributed by atoms with Crippen molar-refractivity contribution in [3.05, 3.63) is 77.2 Å². The Morgan fingerprint density at radius 2 is 1.79 bits per heavy atom. The van der Waals surface area contributed by atoms with Gasteiger partial charge in [-0.05, 0) is 38.5 Å². The van der Waals surface area contributed by atoms with Gasteiger partial charge in [-0.15, -0.1) is 0 Å². The van der Waals surface area contributed by atoms with Crippen LogP contribution in [0, 0.1) is 6.92 Å². The van der Waals surface area contributed by atoms with Gasteiger partial charge in [-0.25, -0.2) is 9.67 Å². The number of hydrogen-bond donors (Lipinski definition) is 0. The number of amides is 1. The predicted molar refractivity (Wildman–Crippen MR) is 103 cm³/mol. The van der Waals surface area contributed by atoms with Gasteiger partial charge in [0.2, 0.25) is 0 Å². The summed E-state index contributed by atoms with van der Waals surface area (Å²) in [5, 5.41) is 4.17. The standard InChI is InChI=1S/C21H21F3N4O/c1-14(2)27(13-16-7-5-4-6-8-16)20(29)18-12-26-28(15(18)3)19-10-9-17(11-25-19)21(22,23)24/h4-12,14H,13H2,1-3H3. The first-order valence-corrected chi connectivity index (χ1v) is 9.11. The monoisotopic (exact) mass is 402 g/mol. The second-order valence-corrected chi connectivity index (χ2v) is 6.97. The lowest BCUT2D eigenvalue weighted by Gasteiger charge is -2.27. The SMILES string of the molecule is Cc1c(C(=O)N(Cc2ccccc2)C(C)C)cnn1-c1ccc(C(F)(F)F)cn1. The fourth-order valence-electron chi connectivity index (χ4n) is 2.95. The molecule has 0 atom stereocenters. The zero-order valence-electron chi connectivity index (χ0n) is 16.3. The topological polar surface area (TPSA) is 51.0 Å². The molecule has 2 aromatic heterocycles. The molecule has 0 saturated heterocycles. The Morgan fingerprint density at radius 3 is 2.34 bits per heavy atom. The van der Waals surface area contributed by atoms with Crippen molar-refractivity contribution >= 4 is 5.91 Å². The molecule has 5 nitrogen and oxygen atoms in total. The van der Waals surface area contributed by atoms with Gasteiger partial charge in [0, 0.05) is 18.8 Å². The van der Waals surface area contributed by atoms with Crippen LogP contribution >= 0.6 is 0 Å². The molecule has 3 aromatic rings. The lowest BCUT2D eigenvalue weighted by Crippen LogP contribution is -2.36. The van der Waals surface area contributed by atoms with E-state index in [4.69, 9.17) is 0 Å². The summed E-state index contributed by atoms with van der Waals surface area (Å²) in [7, 11) is 0. The molecule has 0 fully saturated rings. The van der Waals surface area contributed by atoms with Crippen molar-refractivity contribution in [2.45, 2.75) is 39.5 Å². The fourth-order valence-corrected chi connectivity index (χ4v) is 2.95. The molecule has 8 heteroatoms. The van der Waals surface area contributed by atoms with Crippen LogP contribution in [0.25, 0.3) is 5.82 Å². The molecule has 0 unspecified atom stereocenters. The summed E-state index contributed by atoms with van der Waals surface area (Å²) in [6.07, 6.45) is -2.27. The molecule has 0 radical (unpaired) electrons. The number of hydrogen-bond acceptors (Lipinski definition) is 3. The molecule has 1 amide bonds. The third-order valence-electron chi connectivity index (χ3n) is 4.61. The quantitative estimate of drug-likeness (QED) is 0.625. The van der Waals surface area contributed by atoms with E-state index in [2.05, 4.69) is 10.1 Å². The molecule has 1 aromatic carbocycles. The van der Waals surface area contributed by atoms with Gasteiger partial charge in [0.15, 0.2) is 5.82 Å². The van der Waals surface area contributed by atoms with Crippen LogP contribution in [0.3, 0.4) is 0 Å². The highest BCUT2D eigenvalue weighted by atomic mass is 19.4. The average Bonchev–Trinajstić information content (AvgIpc) is 3.07. The molecule has 152 valence electrons. The summed E-state index contributed by atoms with van der Waals surface area (Å²) in [4.78, 5) is 18.7. The number of rotatable bonds is 5. The molecule has 3 rings (SSSR count). The van der Waals surface area contributed by atoms with E-state index in [9.17, 15) is 18.0 Å². The molecule has 0 N–H and O–H groups in total. The van der Waals surface area contributed by atoms with Crippen molar-refractivity contribution in [1.82, 2.24) is 19.7 Å². The van der Waals surface area contributed by atoms with Gasteiger partial charge in [-0.3, -0.25) is 4.79 Å². The molecule has 0 aliphatic carbocycles. The van der Waals surface area contributed by atoms with Crippen LogP contribution in [0.1, 0.15) is 41.0 Å². The predicted octanol–water partition coefficient (Wildman–Crippen LogP) is 4.65. The van der Waals surface area contributed by atoms with E-state index >= 15 is 0 Å². The summed E-state index contributed by atoms with van der Waals surface area (Å²) < 4.78 is 39.6. The Balaban J connectivity index is 1.88. The lowest BCUT2D eigenvalue weighted by molar-refractivity contribution is -0.137. The van der Waals surface area contributed by atoms with Gasteiger partial charge in [0.1, 0.15) is 0 Å². The van der Waals surface area contributed by atoms with Crippen LogP contribution < -0.4 is 0 Å². The zero-order valence-corrected chi connectivity index (χ0v) is 16.3. The first-order valence-electron chi connectivity index (χ1n) is 9.11. The number of carbonyl (C=O) groups excluding carboxylic acids is 1. The number of aromatic nitrogens is 3. The first-order chi connectivity index (χ1) is 13.7. The van der Waals surface area contributed by atoms with Crippen molar-refractivity contribution in [1.29, 1.82) is 0 Å². The molecule has 0 bridgehead atoms. The van der Waals surface area contributed by atoms with E-state index in [-0.39, 0.29) is 17.8 Å². The Bertz CT molecular complexity index is 979. The van der Waals surface area contributed by atoms with E-state index in [1.54, 1.807) is 11.8 Å². The van der Waals surface area contributed by atoms with Gasteiger partial charge >= 0.3 is 6.18 Å². The van der Waals surface area contributed by atoms with Crippen molar-refractivity contribution < 1.29 is 18.0 Å². The van der Waals surface area contributed by atoms with Crippen LogP contribution in [0.15, 0.2) is 54.9 Å².